The molecule has 4 heteroatoms. The van der Waals surface area contributed by atoms with Gasteiger partial charge in [0.1, 0.15) is 0 Å². The van der Waals surface area contributed by atoms with Crippen LogP contribution in [0.2, 0.25) is 0 Å². The maximum atomic E-state index is 6.13. The quantitative estimate of drug-likeness (QED) is 0.0809. The van der Waals surface area contributed by atoms with E-state index in [-0.39, 0.29) is 0 Å². The van der Waals surface area contributed by atoms with E-state index in [0.29, 0.717) is 24.4 Å². The fourth-order valence-corrected chi connectivity index (χ4v) is 19.1. The van der Waals surface area contributed by atoms with E-state index in [1.54, 1.807) is 0 Å². The standard InChI is InChI=1S/C21H40O.C20H38O.C19H36O.C18H34O/c1-4-6-8-18-9-11-19(12-10-18)20-13-14-21(17(3)16-20)22-15-7-5-2;1-4-6-7-17-8-10-18(11-9-17)19-12-13-20(16(3)15-19)21-14-5-2;1-4-6-7-16-8-10-17(11-9-16)18-12-13-19(20-5-2)15(3)14-18;1-4-5-6-15-7-9-16(10-8-15)17-11-12-18(19-3)14(2)13-17/h17-21H,4-16H2,1-3H3;16-20H,4-15H2,1-3H3;15-19H,4-14H2,1-3H3;14-18H,4-13H2,1-3H3/t17?,18-,19-,20?,21?;16?,17-,18-,19?,20?;15?,16-,17-,18?,19?;14?,15-,16-,17?,18?. The SMILES string of the molecule is CCCCOC1CCC([C@H]2CC[C@H](CCCC)CC2)CC1C.CCCC[C@H]1CC[C@H](C2CCC(OC)C(C)C2)CC1.CCCC[C@H]1CC[C@H](C2CCC(OCC)C(C)C2)CC1.CCCC[C@H]1CC[C@H](C2CCC(OCCC)C(C)C2)CC1. The lowest BCUT2D eigenvalue weighted by Crippen LogP contribution is -2.34. The van der Waals surface area contributed by atoms with E-state index in [9.17, 15) is 0 Å². The summed E-state index contributed by atoms with van der Waals surface area (Å²) in [5.41, 5.74) is 0. The molecule has 0 aromatic heterocycles. The maximum Gasteiger partial charge on any atom is 0.0600 e. The number of hydrogen-bond donors (Lipinski definition) is 0. The molecule has 0 amide bonds. The molecule has 0 aliphatic heterocycles. The van der Waals surface area contributed by atoms with Gasteiger partial charge in [0.2, 0.25) is 0 Å². The minimum Gasteiger partial charge on any atom is -0.381 e. The molecule has 8 saturated carbocycles. The monoisotopic (exact) mass is 1150 g/mol. The van der Waals surface area contributed by atoms with Crippen LogP contribution >= 0.6 is 0 Å². The average Bonchev–Trinajstić information content (AvgIpc) is 3.60. The predicted molar refractivity (Wildman–Crippen MR) is 357 cm³/mol. The Balaban J connectivity index is 0.000000201. The van der Waals surface area contributed by atoms with Gasteiger partial charge in [-0.3, -0.25) is 0 Å². The number of rotatable bonds is 26. The van der Waals surface area contributed by atoms with Crippen molar-refractivity contribution in [1.82, 2.24) is 0 Å². The molecule has 8 rings (SSSR count). The van der Waals surface area contributed by atoms with Crippen LogP contribution in [-0.2, 0) is 18.9 Å². The lowest BCUT2D eigenvalue weighted by molar-refractivity contribution is -0.0286. The summed E-state index contributed by atoms with van der Waals surface area (Å²) in [6.07, 6.45) is 64.1. The highest BCUT2D eigenvalue weighted by molar-refractivity contribution is 4.89. The Hall–Kier alpha value is -0.160. The molecule has 8 aliphatic rings. The van der Waals surface area contributed by atoms with Gasteiger partial charge in [0.05, 0.1) is 24.4 Å². The molecule has 12 atom stereocenters. The van der Waals surface area contributed by atoms with Crippen molar-refractivity contribution in [1.29, 1.82) is 0 Å². The molecule has 0 bridgehead atoms. The van der Waals surface area contributed by atoms with Crippen LogP contribution in [0.3, 0.4) is 0 Å². The van der Waals surface area contributed by atoms with Crippen LogP contribution < -0.4 is 0 Å². The number of methoxy groups -OCH3 is 1. The number of unbranched alkanes of at least 4 members (excludes halogenated alkanes) is 5. The van der Waals surface area contributed by atoms with Crippen LogP contribution in [0, 0.1) is 94.7 Å². The zero-order valence-corrected chi connectivity index (χ0v) is 57.7. The van der Waals surface area contributed by atoms with Gasteiger partial charge < -0.3 is 18.9 Å². The van der Waals surface area contributed by atoms with Gasteiger partial charge in [0.25, 0.3) is 0 Å². The first-order chi connectivity index (χ1) is 40.0. The molecule has 8 aliphatic carbocycles. The van der Waals surface area contributed by atoms with E-state index in [1.165, 1.54) is 270 Å². The van der Waals surface area contributed by atoms with E-state index >= 15 is 0 Å². The second kappa shape index (κ2) is 42.7. The van der Waals surface area contributed by atoms with Gasteiger partial charge in [-0.1, -0.05) is 204 Å². The first-order valence-corrected chi connectivity index (χ1v) is 38.3. The normalized spacial score (nSPS) is 38.2. The molecule has 0 N–H and O–H groups in total. The zero-order chi connectivity index (χ0) is 58.9. The van der Waals surface area contributed by atoms with Crippen molar-refractivity contribution in [3.8, 4) is 0 Å². The smallest absolute Gasteiger partial charge is 0.0600 e. The molecule has 4 nitrogen and oxygen atoms in total. The predicted octanol–water partition coefficient (Wildman–Crippen LogP) is 24.1. The minimum atomic E-state index is 0.539. The Labute approximate surface area is 514 Å². The van der Waals surface area contributed by atoms with Crippen LogP contribution in [0.5, 0.6) is 0 Å². The molecule has 484 valence electrons. The fourth-order valence-electron chi connectivity index (χ4n) is 19.1. The minimum absolute atomic E-state index is 0.539. The largest absolute Gasteiger partial charge is 0.381 e. The van der Waals surface area contributed by atoms with Crippen molar-refractivity contribution < 1.29 is 18.9 Å². The van der Waals surface area contributed by atoms with Gasteiger partial charge in [0, 0.05) is 26.9 Å². The lowest BCUT2D eigenvalue weighted by atomic mass is 9.68. The highest BCUT2D eigenvalue weighted by atomic mass is 16.5. The van der Waals surface area contributed by atoms with Crippen molar-refractivity contribution in [3.63, 3.8) is 0 Å². The van der Waals surface area contributed by atoms with Gasteiger partial charge in [-0.2, -0.15) is 0 Å². The summed E-state index contributed by atoms with van der Waals surface area (Å²) in [4.78, 5) is 0. The summed E-state index contributed by atoms with van der Waals surface area (Å²) in [6.45, 7) is 28.4. The molecule has 0 aromatic rings. The third-order valence-electron chi connectivity index (χ3n) is 24.7. The third kappa shape index (κ3) is 26.1. The highest BCUT2D eigenvalue weighted by Gasteiger charge is 2.38. The summed E-state index contributed by atoms with van der Waals surface area (Å²) in [7, 11) is 1.89. The van der Waals surface area contributed by atoms with Gasteiger partial charge in [-0.25, -0.2) is 0 Å². The zero-order valence-electron chi connectivity index (χ0n) is 57.7. The molecular formula is C78H148O4. The Bertz CT molecular complexity index is 1480. The fraction of sp³-hybridized carbons (Fsp3) is 1.00. The summed E-state index contributed by atoms with van der Waals surface area (Å²) in [5, 5.41) is 0. The molecule has 8 fully saturated rings. The average molecular weight is 1150 g/mol. The van der Waals surface area contributed by atoms with Crippen molar-refractivity contribution in [2.45, 2.75) is 377 Å². The molecule has 12 unspecified atom stereocenters. The second-order valence-electron chi connectivity index (χ2n) is 30.8. The van der Waals surface area contributed by atoms with Crippen molar-refractivity contribution in [2.75, 3.05) is 26.9 Å². The maximum absolute atomic E-state index is 6.13. The topological polar surface area (TPSA) is 36.9 Å². The first kappa shape index (κ1) is 72.6. The molecule has 0 saturated heterocycles. The summed E-state index contributed by atoms with van der Waals surface area (Å²) in [6, 6.07) is 0. The summed E-state index contributed by atoms with van der Waals surface area (Å²) >= 11 is 0. The Kier molecular flexibility index (Phi) is 37.8. The number of hydrogen-bond acceptors (Lipinski definition) is 4. The molecule has 0 spiro atoms. The Morgan fingerprint density at radius 2 is 0.512 bits per heavy atom. The van der Waals surface area contributed by atoms with Gasteiger partial charge in [-0.05, 0) is 243 Å². The van der Waals surface area contributed by atoms with Gasteiger partial charge in [-0.15, -0.1) is 0 Å². The van der Waals surface area contributed by atoms with Gasteiger partial charge in [0.15, 0.2) is 0 Å². The summed E-state index contributed by atoms with van der Waals surface area (Å²) < 4.78 is 23.7. The third-order valence-corrected chi connectivity index (χ3v) is 24.7. The number of ether oxygens (including phenoxy) is 4. The van der Waals surface area contributed by atoms with Crippen molar-refractivity contribution >= 4 is 0 Å². The molecule has 0 radical (unpaired) electrons. The van der Waals surface area contributed by atoms with E-state index in [0.717, 1.165) is 121 Å². The van der Waals surface area contributed by atoms with Crippen LogP contribution in [0.4, 0.5) is 0 Å². The highest BCUT2D eigenvalue weighted by Crippen LogP contribution is 2.47. The van der Waals surface area contributed by atoms with Crippen molar-refractivity contribution in [2.24, 2.45) is 94.7 Å². The molecular weight excluding hydrogens is 1000 g/mol. The Morgan fingerprint density at radius 1 is 0.256 bits per heavy atom. The molecule has 82 heavy (non-hydrogen) atoms. The van der Waals surface area contributed by atoms with Crippen molar-refractivity contribution in [3.05, 3.63) is 0 Å². The van der Waals surface area contributed by atoms with E-state index < -0.39 is 0 Å². The van der Waals surface area contributed by atoms with E-state index in [1.807, 2.05) is 7.11 Å². The van der Waals surface area contributed by atoms with Crippen LogP contribution in [0.1, 0.15) is 352 Å². The second-order valence-corrected chi connectivity index (χ2v) is 30.8. The van der Waals surface area contributed by atoms with Crippen LogP contribution in [0.25, 0.3) is 0 Å². The van der Waals surface area contributed by atoms with Crippen LogP contribution in [-0.4, -0.2) is 51.3 Å². The molecule has 0 heterocycles. The molecule has 0 aromatic carbocycles. The van der Waals surface area contributed by atoms with Crippen LogP contribution in [0.15, 0.2) is 0 Å². The first-order valence-electron chi connectivity index (χ1n) is 38.3. The summed E-state index contributed by atoms with van der Waals surface area (Å²) in [5.74, 6) is 15.6. The lowest BCUT2D eigenvalue weighted by Gasteiger charge is -2.40. The van der Waals surface area contributed by atoms with Gasteiger partial charge >= 0.3 is 0 Å². The van der Waals surface area contributed by atoms with E-state index in [2.05, 4.69) is 76.2 Å². The van der Waals surface area contributed by atoms with E-state index in [4.69, 9.17) is 18.9 Å². The Morgan fingerprint density at radius 3 is 0.756 bits per heavy atom.